The second kappa shape index (κ2) is 5.58. The molecule has 3 heteroatoms. The zero-order valence-electron chi connectivity index (χ0n) is 13.2. The minimum Gasteiger partial charge on any atom is -0.373 e. The highest BCUT2D eigenvalue weighted by molar-refractivity contribution is 5.84. The molecule has 0 saturated heterocycles. The number of hydrogen-bond acceptors (Lipinski definition) is 1. The van der Waals surface area contributed by atoms with Gasteiger partial charge in [0.25, 0.3) is 0 Å². The molecule has 0 fully saturated rings. The first-order valence-corrected chi connectivity index (χ1v) is 7.93. The van der Waals surface area contributed by atoms with Crippen molar-refractivity contribution >= 4 is 10.9 Å². The molecule has 0 spiro atoms. The lowest BCUT2D eigenvalue weighted by molar-refractivity contribution is 0.428. The van der Waals surface area contributed by atoms with E-state index < -0.39 is 0 Å². The van der Waals surface area contributed by atoms with Gasteiger partial charge in [0.1, 0.15) is 5.82 Å². The van der Waals surface area contributed by atoms with E-state index in [9.17, 15) is 4.39 Å². The summed E-state index contributed by atoms with van der Waals surface area (Å²) in [7, 11) is 2.13. The van der Waals surface area contributed by atoms with Gasteiger partial charge in [-0.15, -0.1) is 0 Å². The van der Waals surface area contributed by atoms with Crippen molar-refractivity contribution in [2.24, 2.45) is 0 Å². The van der Waals surface area contributed by atoms with E-state index in [0.717, 1.165) is 24.0 Å². The molecule has 0 bridgehead atoms. The number of nitrogens with zero attached hydrogens (tertiary/aromatic N) is 2. The molecule has 0 radical (unpaired) electrons. The smallest absolute Gasteiger partial charge is 0.128 e. The Morgan fingerprint density at radius 1 is 1.04 bits per heavy atom. The predicted molar refractivity (Wildman–Crippen MR) is 91.6 cm³/mol. The van der Waals surface area contributed by atoms with Gasteiger partial charge in [-0.2, -0.15) is 0 Å². The standard InChI is InChI=1S/C20H19FN2/c1-22(17-10-11-17)12-16-14-23(20-9-5-3-7-18(16)20)13-15-6-2-4-8-19(15)21/h2-10,14H,11-13H2,1H3. The van der Waals surface area contributed by atoms with Gasteiger partial charge >= 0.3 is 0 Å². The Balaban J connectivity index is 1.72. The van der Waals surface area contributed by atoms with Crippen LogP contribution in [-0.2, 0) is 13.1 Å². The van der Waals surface area contributed by atoms with Gasteiger partial charge in [0, 0.05) is 48.4 Å². The summed E-state index contributed by atoms with van der Waals surface area (Å²) in [5.74, 6) is -0.146. The van der Waals surface area contributed by atoms with Crippen molar-refractivity contribution in [3.8, 4) is 0 Å². The zero-order chi connectivity index (χ0) is 15.8. The summed E-state index contributed by atoms with van der Waals surface area (Å²) in [6.07, 6.45) is 5.50. The Kier molecular flexibility index (Phi) is 3.41. The monoisotopic (exact) mass is 306 g/mol. The quantitative estimate of drug-likeness (QED) is 0.671. The molecule has 2 nitrogen and oxygen atoms in total. The predicted octanol–water partition coefficient (Wildman–Crippen LogP) is 4.55. The van der Waals surface area contributed by atoms with Gasteiger partial charge in [-0.3, -0.25) is 0 Å². The minimum atomic E-state index is -0.146. The highest BCUT2D eigenvalue weighted by Crippen LogP contribution is 2.28. The van der Waals surface area contributed by atoms with Crippen LogP contribution in [0.4, 0.5) is 4.39 Å². The molecule has 0 aliphatic heterocycles. The molecule has 0 N–H and O–H groups in total. The van der Waals surface area contributed by atoms with Crippen LogP contribution in [0.1, 0.15) is 17.5 Å². The molecule has 0 atom stereocenters. The summed E-state index contributed by atoms with van der Waals surface area (Å²) in [6, 6.07) is 15.4. The van der Waals surface area contributed by atoms with Crippen molar-refractivity contribution in [2.75, 3.05) is 7.05 Å². The van der Waals surface area contributed by atoms with Gasteiger partial charge in [0.05, 0.1) is 6.54 Å². The second-order valence-electron chi connectivity index (χ2n) is 6.15. The number of benzene rings is 2. The SMILES string of the molecule is CN(Cc1cn(Cc2ccccc2F)c2ccccc12)C1=CC1. The van der Waals surface area contributed by atoms with Crippen molar-refractivity contribution in [3.05, 3.63) is 83.4 Å². The van der Waals surface area contributed by atoms with Gasteiger partial charge in [-0.05, 0) is 17.7 Å². The number of allylic oxidation sites excluding steroid dienone is 2. The number of fused-ring (bicyclic) bond motifs is 1. The molecule has 3 aromatic rings. The van der Waals surface area contributed by atoms with Crippen LogP contribution in [0.2, 0.25) is 0 Å². The summed E-state index contributed by atoms with van der Waals surface area (Å²) < 4.78 is 16.1. The van der Waals surface area contributed by atoms with E-state index in [1.165, 1.54) is 22.7 Å². The summed E-state index contributed by atoms with van der Waals surface area (Å²) >= 11 is 0. The van der Waals surface area contributed by atoms with Crippen LogP contribution in [0.3, 0.4) is 0 Å². The highest BCUT2D eigenvalue weighted by Gasteiger charge is 2.16. The Bertz CT molecular complexity index is 892. The molecule has 1 heterocycles. The summed E-state index contributed by atoms with van der Waals surface area (Å²) in [5, 5.41) is 1.25. The van der Waals surface area contributed by atoms with Crippen LogP contribution >= 0.6 is 0 Å². The van der Waals surface area contributed by atoms with Crippen molar-refractivity contribution in [1.82, 2.24) is 9.47 Å². The molecular weight excluding hydrogens is 287 g/mol. The van der Waals surface area contributed by atoms with Gasteiger partial charge in [-0.25, -0.2) is 4.39 Å². The Morgan fingerprint density at radius 2 is 1.78 bits per heavy atom. The van der Waals surface area contributed by atoms with E-state index in [1.807, 2.05) is 18.2 Å². The number of para-hydroxylation sites is 1. The van der Waals surface area contributed by atoms with Crippen molar-refractivity contribution in [2.45, 2.75) is 19.5 Å². The van der Waals surface area contributed by atoms with E-state index in [1.54, 1.807) is 6.07 Å². The third kappa shape index (κ3) is 2.74. The molecule has 23 heavy (non-hydrogen) atoms. The van der Waals surface area contributed by atoms with E-state index in [-0.39, 0.29) is 5.82 Å². The topological polar surface area (TPSA) is 8.17 Å². The van der Waals surface area contributed by atoms with Crippen LogP contribution in [0.25, 0.3) is 10.9 Å². The number of halogens is 1. The first-order valence-electron chi connectivity index (χ1n) is 7.93. The average molecular weight is 306 g/mol. The zero-order valence-corrected chi connectivity index (χ0v) is 13.2. The van der Waals surface area contributed by atoms with Crippen molar-refractivity contribution in [1.29, 1.82) is 0 Å². The fourth-order valence-electron chi connectivity index (χ4n) is 3.10. The normalized spacial score (nSPS) is 13.2. The fraction of sp³-hybridized carbons (Fsp3) is 0.200. The van der Waals surface area contributed by atoms with Gasteiger partial charge < -0.3 is 9.47 Å². The lowest BCUT2D eigenvalue weighted by Crippen LogP contribution is -2.11. The van der Waals surface area contributed by atoms with Crippen LogP contribution in [0.15, 0.2) is 66.5 Å². The van der Waals surface area contributed by atoms with Crippen LogP contribution in [0, 0.1) is 5.82 Å². The minimum absolute atomic E-state index is 0.146. The molecule has 116 valence electrons. The number of rotatable bonds is 5. The number of aromatic nitrogens is 1. The second-order valence-corrected chi connectivity index (χ2v) is 6.15. The molecule has 0 unspecified atom stereocenters. The number of hydrogen-bond donors (Lipinski definition) is 0. The Hall–Kier alpha value is -2.55. The van der Waals surface area contributed by atoms with Crippen LogP contribution < -0.4 is 0 Å². The molecule has 2 aromatic carbocycles. The Morgan fingerprint density at radius 3 is 2.57 bits per heavy atom. The largest absolute Gasteiger partial charge is 0.373 e. The maximum Gasteiger partial charge on any atom is 0.128 e. The summed E-state index contributed by atoms with van der Waals surface area (Å²) in [4.78, 5) is 2.29. The lowest BCUT2D eigenvalue weighted by atomic mass is 10.1. The molecule has 1 aromatic heterocycles. The summed E-state index contributed by atoms with van der Waals surface area (Å²) in [6.45, 7) is 1.44. The fourth-order valence-corrected chi connectivity index (χ4v) is 3.10. The third-order valence-corrected chi connectivity index (χ3v) is 4.45. The summed E-state index contributed by atoms with van der Waals surface area (Å²) in [5.41, 5.74) is 4.56. The van der Waals surface area contributed by atoms with E-state index in [0.29, 0.717) is 6.54 Å². The van der Waals surface area contributed by atoms with Gasteiger partial charge in [0.15, 0.2) is 0 Å². The third-order valence-electron chi connectivity index (χ3n) is 4.45. The first kappa shape index (κ1) is 14.1. The van der Waals surface area contributed by atoms with E-state index in [2.05, 4.69) is 47.0 Å². The van der Waals surface area contributed by atoms with E-state index >= 15 is 0 Å². The highest BCUT2D eigenvalue weighted by atomic mass is 19.1. The van der Waals surface area contributed by atoms with Crippen LogP contribution in [-0.4, -0.2) is 16.5 Å². The molecule has 0 saturated carbocycles. The first-order chi connectivity index (χ1) is 11.2. The van der Waals surface area contributed by atoms with E-state index in [4.69, 9.17) is 0 Å². The molecule has 4 rings (SSSR count). The molecule has 0 amide bonds. The Labute approximate surface area is 135 Å². The molecular formula is C20H19FN2. The van der Waals surface area contributed by atoms with Gasteiger partial charge in [0.2, 0.25) is 0 Å². The molecule has 1 aliphatic carbocycles. The maximum atomic E-state index is 14.0. The van der Waals surface area contributed by atoms with Crippen LogP contribution in [0.5, 0.6) is 0 Å². The lowest BCUT2D eigenvalue weighted by Gasteiger charge is -2.14. The van der Waals surface area contributed by atoms with Crippen molar-refractivity contribution < 1.29 is 4.39 Å². The maximum absolute atomic E-state index is 14.0. The van der Waals surface area contributed by atoms with Crippen molar-refractivity contribution in [3.63, 3.8) is 0 Å². The average Bonchev–Trinajstić information content (AvgIpc) is 3.36. The van der Waals surface area contributed by atoms with Gasteiger partial charge in [-0.1, -0.05) is 42.5 Å². The molecule has 1 aliphatic rings.